The van der Waals surface area contributed by atoms with E-state index in [1.807, 2.05) is 31.2 Å². The van der Waals surface area contributed by atoms with Gasteiger partial charge in [0.05, 0.1) is 25.7 Å². The van der Waals surface area contributed by atoms with Crippen LogP contribution in [0.15, 0.2) is 24.3 Å². The Hall–Kier alpha value is -1.39. The van der Waals surface area contributed by atoms with Crippen LogP contribution >= 0.6 is 0 Å². The molecule has 0 saturated carbocycles. The van der Waals surface area contributed by atoms with Crippen LogP contribution in [0.3, 0.4) is 0 Å². The van der Waals surface area contributed by atoms with Crippen molar-refractivity contribution in [2.45, 2.75) is 20.1 Å². The van der Waals surface area contributed by atoms with Crippen molar-refractivity contribution in [3.8, 4) is 5.75 Å². The van der Waals surface area contributed by atoms with Crippen LogP contribution in [0.5, 0.6) is 5.75 Å². The highest BCUT2D eigenvalue weighted by Crippen LogP contribution is 2.32. The molecule has 0 spiro atoms. The van der Waals surface area contributed by atoms with Gasteiger partial charge in [-0.3, -0.25) is 4.79 Å². The van der Waals surface area contributed by atoms with Gasteiger partial charge >= 0.3 is 0 Å². The molecule has 0 bridgehead atoms. The van der Waals surface area contributed by atoms with Crippen LogP contribution in [-0.4, -0.2) is 26.1 Å². The molecule has 0 unspecified atom stereocenters. The summed E-state index contributed by atoms with van der Waals surface area (Å²) in [5.41, 5.74) is 0.407. The fraction of sp³-hybridized carbons (Fsp3) is 0.500. The SMILES string of the molecule is COc1ccc(C2OCC(C)(C(C)=O)CO2)cc1. The Morgan fingerprint density at radius 3 is 2.28 bits per heavy atom. The van der Waals surface area contributed by atoms with Crippen LogP contribution in [-0.2, 0) is 14.3 Å². The summed E-state index contributed by atoms with van der Waals surface area (Å²) in [7, 11) is 1.63. The molecule has 1 aliphatic heterocycles. The fourth-order valence-corrected chi connectivity index (χ4v) is 1.77. The summed E-state index contributed by atoms with van der Waals surface area (Å²) in [6, 6.07) is 7.53. The van der Waals surface area contributed by atoms with Crippen molar-refractivity contribution in [3.05, 3.63) is 29.8 Å². The molecule has 0 atom stereocenters. The van der Waals surface area contributed by atoms with Gasteiger partial charge in [-0.25, -0.2) is 0 Å². The number of methoxy groups -OCH3 is 1. The summed E-state index contributed by atoms with van der Waals surface area (Å²) < 4.78 is 16.4. The van der Waals surface area contributed by atoms with Gasteiger partial charge in [-0.15, -0.1) is 0 Å². The predicted octanol–water partition coefficient (Wildman–Crippen LogP) is 2.34. The number of carbonyl (C=O) groups is 1. The van der Waals surface area contributed by atoms with E-state index in [2.05, 4.69) is 0 Å². The zero-order valence-corrected chi connectivity index (χ0v) is 10.9. The maximum Gasteiger partial charge on any atom is 0.183 e. The average molecular weight is 250 g/mol. The standard InChI is InChI=1S/C14H18O4/c1-10(15)14(2)8-17-13(18-9-14)11-4-6-12(16-3)7-5-11/h4-7,13H,8-9H2,1-3H3. The summed E-state index contributed by atoms with van der Waals surface area (Å²) in [6.45, 7) is 4.21. The van der Waals surface area contributed by atoms with Gasteiger partial charge in [0.25, 0.3) is 0 Å². The first kappa shape index (κ1) is 13.1. The van der Waals surface area contributed by atoms with E-state index in [9.17, 15) is 4.79 Å². The van der Waals surface area contributed by atoms with Crippen LogP contribution in [0.1, 0.15) is 25.7 Å². The topological polar surface area (TPSA) is 44.8 Å². The lowest BCUT2D eigenvalue weighted by Crippen LogP contribution is -2.41. The van der Waals surface area contributed by atoms with E-state index in [0.717, 1.165) is 11.3 Å². The van der Waals surface area contributed by atoms with Crippen molar-refractivity contribution in [2.24, 2.45) is 5.41 Å². The molecule has 4 heteroatoms. The minimum Gasteiger partial charge on any atom is -0.497 e. The molecule has 1 aromatic rings. The minimum atomic E-state index is -0.525. The highest BCUT2D eigenvalue weighted by Gasteiger charge is 2.37. The van der Waals surface area contributed by atoms with Gasteiger partial charge in [-0.05, 0) is 26.0 Å². The lowest BCUT2D eigenvalue weighted by atomic mass is 9.88. The Kier molecular flexibility index (Phi) is 3.68. The zero-order chi connectivity index (χ0) is 13.2. The molecule has 98 valence electrons. The van der Waals surface area contributed by atoms with Crippen molar-refractivity contribution in [1.29, 1.82) is 0 Å². The maximum atomic E-state index is 11.5. The van der Waals surface area contributed by atoms with Crippen molar-refractivity contribution in [2.75, 3.05) is 20.3 Å². The summed E-state index contributed by atoms with van der Waals surface area (Å²) in [5.74, 6) is 0.888. The van der Waals surface area contributed by atoms with E-state index in [0.29, 0.717) is 13.2 Å². The molecule has 4 nitrogen and oxygen atoms in total. The Bertz CT molecular complexity index is 416. The Morgan fingerprint density at radius 2 is 1.83 bits per heavy atom. The number of ether oxygens (including phenoxy) is 3. The molecule has 0 radical (unpaired) electrons. The van der Waals surface area contributed by atoms with Crippen molar-refractivity contribution in [1.82, 2.24) is 0 Å². The molecule has 0 aromatic heterocycles. The molecule has 1 heterocycles. The Labute approximate surface area is 107 Å². The molecule has 2 rings (SSSR count). The normalized spacial score (nSPS) is 27.8. The number of hydrogen-bond acceptors (Lipinski definition) is 4. The molecule has 18 heavy (non-hydrogen) atoms. The number of rotatable bonds is 3. The number of benzene rings is 1. The van der Waals surface area contributed by atoms with E-state index >= 15 is 0 Å². The van der Waals surface area contributed by atoms with Crippen LogP contribution in [0.2, 0.25) is 0 Å². The lowest BCUT2D eigenvalue weighted by Gasteiger charge is -2.35. The van der Waals surface area contributed by atoms with Crippen LogP contribution in [0.4, 0.5) is 0 Å². The highest BCUT2D eigenvalue weighted by atomic mass is 16.7. The van der Waals surface area contributed by atoms with Gasteiger partial charge < -0.3 is 14.2 Å². The first-order valence-corrected chi connectivity index (χ1v) is 5.93. The monoisotopic (exact) mass is 250 g/mol. The lowest BCUT2D eigenvalue weighted by molar-refractivity contribution is -0.226. The highest BCUT2D eigenvalue weighted by molar-refractivity contribution is 5.82. The first-order chi connectivity index (χ1) is 8.55. The van der Waals surface area contributed by atoms with Gasteiger partial charge in [-0.1, -0.05) is 12.1 Å². The number of Topliss-reactive ketones (excluding diaryl/α,β-unsaturated/α-hetero) is 1. The zero-order valence-electron chi connectivity index (χ0n) is 10.9. The molecular weight excluding hydrogens is 232 g/mol. The van der Waals surface area contributed by atoms with Crippen LogP contribution < -0.4 is 4.74 Å². The predicted molar refractivity (Wildman–Crippen MR) is 66.4 cm³/mol. The van der Waals surface area contributed by atoms with Gasteiger partial charge in [0.1, 0.15) is 11.5 Å². The molecule has 1 aliphatic rings. The average Bonchev–Trinajstić information content (AvgIpc) is 2.40. The first-order valence-electron chi connectivity index (χ1n) is 5.93. The molecule has 1 saturated heterocycles. The molecular formula is C14H18O4. The Morgan fingerprint density at radius 1 is 1.28 bits per heavy atom. The second-order valence-corrected chi connectivity index (χ2v) is 4.84. The quantitative estimate of drug-likeness (QED) is 0.826. The molecule has 0 amide bonds. The van der Waals surface area contributed by atoms with E-state index in [1.54, 1.807) is 14.0 Å². The van der Waals surface area contributed by atoms with E-state index in [4.69, 9.17) is 14.2 Å². The third-order valence-electron chi connectivity index (χ3n) is 3.34. The van der Waals surface area contributed by atoms with Crippen LogP contribution in [0.25, 0.3) is 0 Å². The van der Waals surface area contributed by atoms with Gasteiger partial charge in [0.15, 0.2) is 6.29 Å². The number of carbonyl (C=O) groups excluding carboxylic acids is 1. The molecule has 0 N–H and O–H groups in total. The summed E-state index contributed by atoms with van der Waals surface area (Å²) in [4.78, 5) is 11.5. The Balaban J connectivity index is 2.03. The third kappa shape index (κ3) is 2.54. The molecule has 0 aliphatic carbocycles. The van der Waals surface area contributed by atoms with E-state index < -0.39 is 11.7 Å². The molecule has 1 aromatic carbocycles. The van der Waals surface area contributed by atoms with E-state index in [1.165, 1.54) is 0 Å². The van der Waals surface area contributed by atoms with Gasteiger partial charge in [0, 0.05) is 5.56 Å². The summed E-state index contributed by atoms with van der Waals surface area (Å²) >= 11 is 0. The smallest absolute Gasteiger partial charge is 0.183 e. The van der Waals surface area contributed by atoms with E-state index in [-0.39, 0.29) is 5.78 Å². The second kappa shape index (κ2) is 5.08. The minimum absolute atomic E-state index is 0.0932. The fourth-order valence-electron chi connectivity index (χ4n) is 1.77. The van der Waals surface area contributed by atoms with Crippen molar-refractivity contribution < 1.29 is 19.0 Å². The van der Waals surface area contributed by atoms with Gasteiger partial charge in [0.2, 0.25) is 0 Å². The van der Waals surface area contributed by atoms with Crippen LogP contribution in [0, 0.1) is 5.41 Å². The van der Waals surface area contributed by atoms with Gasteiger partial charge in [-0.2, -0.15) is 0 Å². The molecule has 1 fully saturated rings. The van der Waals surface area contributed by atoms with Crippen molar-refractivity contribution in [3.63, 3.8) is 0 Å². The van der Waals surface area contributed by atoms with Crippen molar-refractivity contribution >= 4 is 5.78 Å². The maximum absolute atomic E-state index is 11.5. The summed E-state index contributed by atoms with van der Waals surface area (Å²) in [6.07, 6.45) is -0.400. The summed E-state index contributed by atoms with van der Waals surface area (Å²) in [5, 5.41) is 0. The number of hydrogen-bond donors (Lipinski definition) is 0. The number of ketones is 1. The second-order valence-electron chi connectivity index (χ2n) is 4.84. The third-order valence-corrected chi connectivity index (χ3v) is 3.34. The largest absolute Gasteiger partial charge is 0.497 e.